The number of anilines is 1. The molecule has 44 heavy (non-hydrogen) atoms. The quantitative estimate of drug-likeness (QED) is 0.322. The van der Waals surface area contributed by atoms with Gasteiger partial charge in [-0.25, -0.2) is 9.78 Å². The summed E-state index contributed by atoms with van der Waals surface area (Å²) in [5.74, 6) is 0.0433. The summed E-state index contributed by atoms with van der Waals surface area (Å²) in [6.07, 6.45) is -4.25. The fourth-order valence-electron chi connectivity index (χ4n) is 4.76. The van der Waals surface area contributed by atoms with Crippen LogP contribution in [0.5, 0.6) is 5.75 Å². The first-order valence-electron chi connectivity index (χ1n) is 13.8. The summed E-state index contributed by atoms with van der Waals surface area (Å²) in [4.78, 5) is 33.2. The highest BCUT2D eigenvalue weighted by Gasteiger charge is 2.34. The predicted octanol–water partition coefficient (Wildman–Crippen LogP) is 7.52. The lowest BCUT2D eigenvalue weighted by atomic mass is 9.99. The molecular formula is C33H35F3N4O4. The number of pyridine rings is 1. The zero-order chi connectivity index (χ0) is 32.6. The van der Waals surface area contributed by atoms with Crippen molar-refractivity contribution in [1.82, 2.24) is 14.8 Å². The molecule has 2 heterocycles. The molecule has 232 valence electrons. The Morgan fingerprint density at radius 3 is 2.25 bits per heavy atom. The van der Waals surface area contributed by atoms with E-state index in [1.54, 1.807) is 70.0 Å². The molecule has 1 aliphatic heterocycles. The summed E-state index contributed by atoms with van der Waals surface area (Å²) in [6.45, 7) is 16.9. The molecule has 2 N–H and O–H groups in total. The number of rotatable bonds is 5. The number of piperazine rings is 1. The Morgan fingerprint density at radius 1 is 1.00 bits per heavy atom. The molecule has 8 nitrogen and oxygen atoms in total. The zero-order valence-corrected chi connectivity index (χ0v) is 25.3. The highest BCUT2D eigenvalue weighted by Crippen LogP contribution is 2.34. The average molecular weight is 609 g/mol. The normalized spacial score (nSPS) is 14.8. The molecule has 1 atom stereocenters. The van der Waals surface area contributed by atoms with Crippen molar-refractivity contribution in [3.05, 3.63) is 102 Å². The van der Waals surface area contributed by atoms with Gasteiger partial charge >= 0.3 is 12.3 Å². The van der Waals surface area contributed by atoms with E-state index in [1.165, 1.54) is 11.0 Å². The van der Waals surface area contributed by atoms with Crippen LogP contribution in [-0.2, 0) is 10.9 Å². The van der Waals surface area contributed by atoms with Crippen molar-refractivity contribution < 1.29 is 32.2 Å². The number of aromatic nitrogens is 1. The molecule has 0 aliphatic carbocycles. The molecule has 2 aromatic carbocycles. The Kier molecular flexibility index (Phi) is 8.81. The second-order valence-electron chi connectivity index (χ2n) is 11.6. The van der Waals surface area contributed by atoms with Gasteiger partial charge in [-0.1, -0.05) is 37.4 Å². The van der Waals surface area contributed by atoms with Gasteiger partial charge in [-0.2, -0.15) is 13.2 Å². The van der Waals surface area contributed by atoms with Crippen LogP contribution in [0.1, 0.15) is 60.8 Å². The van der Waals surface area contributed by atoms with E-state index in [0.29, 0.717) is 33.6 Å². The Balaban J connectivity index is 1.50. The molecule has 4 rings (SSSR count). The number of nitrogens with two attached hydrogens (primary N) is 1. The third-order valence-electron chi connectivity index (χ3n) is 6.90. The number of aryl methyl sites for hydroxylation is 1. The van der Waals surface area contributed by atoms with Crippen LogP contribution < -0.4 is 10.5 Å². The summed E-state index contributed by atoms with van der Waals surface area (Å²) < 4.78 is 50.9. The monoisotopic (exact) mass is 608 g/mol. The molecule has 0 bridgehead atoms. The molecule has 1 fully saturated rings. The minimum atomic E-state index is -4.47. The van der Waals surface area contributed by atoms with Gasteiger partial charge in [0.25, 0.3) is 5.91 Å². The maximum atomic E-state index is 13.5. The van der Waals surface area contributed by atoms with Crippen LogP contribution in [0.15, 0.2) is 79.3 Å². The van der Waals surface area contributed by atoms with E-state index in [1.807, 2.05) is 6.07 Å². The van der Waals surface area contributed by atoms with Crippen molar-refractivity contribution in [2.24, 2.45) is 0 Å². The Morgan fingerprint density at radius 2 is 1.66 bits per heavy atom. The molecule has 0 spiro atoms. The molecule has 1 aliphatic rings. The Labute approximate surface area is 254 Å². The van der Waals surface area contributed by atoms with E-state index in [-0.39, 0.29) is 30.6 Å². The number of alkyl halides is 3. The first-order valence-corrected chi connectivity index (χ1v) is 13.8. The highest BCUT2D eigenvalue weighted by molar-refractivity contribution is 5.97. The lowest BCUT2D eigenvalue weighted by Crippen LogP contribution is -2.48. The van der Waals surface area contributed by atoms with Gasteiger partial charge < -0.3 is 20.1 Å². The molecular weight excluding hydrogens is 573 g/mol. The number of nitrogen functional groups attached to an aromatic ring is 1. The van der Waals surface area contributed by atoms with E-state index in [9.17, 15) is 22.8 Å². The van der Waals surface area contributed by atoms with Crippen molar-refractivity contribution in [2.45, 2.75) is 52.5 Å². The van der Waals surface area contributed by atoms with Crippen LogP contribution in [0.2, 0.25) is 0 Å². The average Bonchev–Trinajstić information content (AvgIpc) is 2.92. The predicted molar refractivity (Wildman–Crippen MR) is 162 cm³/mol. The van der Waals surface area contributed by atoms with Gasteiger partial charge in [-0.15, -0.1) is 0 Å². The van der Waals surface area contributed by atoms with Gasteiger partial charge in [0.15, 0.2) is 11.6 Å². The first kappa shape index (κ1) is 32.1. The van der Waals surface area contributed by atoms with Crippen molar-refractivity contribution in [2.75, 3.05) is 18.8 Å². The number of hydrogen-bond donors (Lipinski definition) is 1. The van der Waals surface area contributed by atoms with Crippen LogP contribution in [0.25, 0.3) is 11.1 Å². The van der Waals surface area contributed by atoms with E-state index < -0.39 is 29.5 Å². The van der Waals surface area contributed by atoms with E-state index in [0.717, 1.165) is 17.7 Å². The van der Waals surface area contributed by atoms with Gasteiger partial charge in [0.2, 0.25) is 0 Å². The summed E-state index contributed by atoms with van der Waals surface area (Å²) >= 11 is 0. The number of carbonyl (C=O) groups excluding carboxylic acids is 2. The van der Waals surface area contributed by atoms with Gasteiger partial charge in [0.1, 0.15) is 11.7 Å². The minimum Gasteiger partial charge on any atom is -0.482 e. The van der Waals surface area contributed by atoms with Gasteiger partial charge in [-0.05, 0) is 75.6 Å². The fourth-order valence-corrected chi connectivity index (χ4v) is 4.76. The standard InChI is InChI=1S/C33H35F3N4O4/c1-19-13-24(11-12-27(19)30(41)39-17-20(2)40(21(3)18-39)31(42)44-32(5,6)7)25-15-28(29(37)38-16-25)43-22(4)23-9-8-10-26(14-23)33(34,35)36/h8-16,22H,2-3,17-18H2,1,4-7H3,(H2,37,38). The van der Waals surface area contributed by atoms with Gasteiger partial charge in [0, 0.05) is 28.7 Å². The number of carbonyl (C=O) groups is 2. The number of amides is 2. The van der Waals surface area contributed by atoms with E-state index >= 15 is 0 Å². The summed E-state index contributed by atoms with van der Waals surface area (Å²) in [6, 6.07) is 11.9. The lowest BCUT2D eigenvalue weighted by Gasteiger charge is -2.38. The lowest BCUT2D eigenvalue weighted by molar-refractivity contribution is -0.137. The molecule has 0 radical (unpaired) electrons. The maximum absolute atomic E-state index is 13.5. The van der Waals surface area contributed by atoms with Crippen molar-refractivity contribution in [3.8, 4) is 16.9 Å². The third kappa shape index (κ3) is 7.21. The maximum Gasteiger partial charge on any atom is 0.419 e. The number of ether oxygens (including phenoxy) is 2. The van der Waals surface area contributed by atoms with Crippen LogP contribution in [0.3, 0.4) is 0 Å². The SMILES string of the molecule is C=C1CN(C(=O)c2ccc(-c3cnc(N)c(OC(C)c4cccc(C(F)(F)F)c4)c3)cc2C)CC(=C)N1C(=O)OC(C)(C)C. The topological polar surface area (TPSA) is 98.0 Å². The molecule has 1 unspecified atom stereocenters. The fraction of sp³-hybridized carbons (Fsp3) is 0.303. The van der Waals surface area contributed by atoms with E-state index in [2.05, 4.69) is 18.1 Å². The summed E-state index contributed by atoms with van der Waals surface area (Å²) in [5, 5.41) is 0. The first-order chi connectivity index (χ1) is 20.4. The molecule has 1 saturated heterocycles. The minimum absolute atomic E-state index is 0.0853. The van der Waals surface area contributed by atoms with Crippen LogP contribution in [-0.4, -0.2) is 45.5 Å². The number of hydrogen-bond acceptors (Lipinski definition) is 6. The van der Waals surface area contributed by atoms with Crippen molar-refractivity contribution >= 4 is 17.8 Å². The smallest absolute Gasteiger partial charge is 0.419 e. The molecule has 2 amide bonds. The van der Waals surface area contributed by atoms with Crippen molar-refractivity contribution in [1.29, 1.82) is 0 Å². The highest BCUT2D eigenvalue weighted by atomic mass is 19.4. The molecule has 11 heteroatoms. The summed E-state index contributed by atoms with van der Waals surface area (Å²) in [5.41, 5.74) is 8.16. The second-order valence-corrected chi connectivity index (χ2v) is 11.6. The number of nitrogens with zero attached hydrogens (tertiary/aromatic N) is 3. The molecule has 0 saturated carbocycles. The summed E-state index contributed by atoms with van der Waals surface area (Å²) in [7, 11) is 0. The van der Waals surface area contributed by atoms with Gasteiger partial charge in [0.05, 0.1) is 18.7 Å². The molecule has 3 aromatic rings. The zero-order valence-electron chi connectivity index (χ0n) is 25.3. The Bertz CT molecular complexity index is 1610. The third-order valence-corrected chi connectivity index (χ3v) is 6.90. The Hall–Kier alpha value is -4.80. The molecule has 1 aromatic heterocycles. The van der Waals surface area contributed by atoms with Gasteiger partial charge in [-0.3, -0.25) is 9.69 Å². The van der Waals surface area contributed by atoms with Crippen LogP contribution in [0, 0.1) is 6.92 Å². The van der Waals surface area contributed by atoms with Crippen molar-refractivity contribution in [3.63, 3.8) is 0 Å². The number of benzene rings is 2. The largest absolute Gasteiger partial charge is 0.482 e. The number of halogens is 3. The van der Waals surface area contributed by atoms with Crippen LogP contribution >= 0.6 is 0 Å². The van der Waals surface area contributed by atoms with E-state index in [4.69, 9.17) is 15.2 Å². The van der Waals surface area contributed by atoms with Crippen LogP contribution in [0.4, 0.5) is 23.8 Å². The second kappa shape index (κ2) is 12.1.